The summed E-state index contributed by atoms with van der Waals surface area (Å²) in [7, 11) is 0. The molecule has 0 saturated carbocycles. The van der Waals surface area contributed by atoms with Crippen LogP contribution in [0.1, 0.15) is 70.3 Å². The first kappa shape index (κ1) is 52.9. The minimum Gasteiger partial charge on any atom is -0.508 e. The van der Waals surface area contributed by atoms with E-state index in [1.165, 1.54) is 31.2 Å². The van der Waals surface area contributed by atoms with E-state index in [1.807, 2.05) is 0 Å². The Morgan fingerprint density at radius 3 is 1.66 bits per heavy atom. The third kappa shape index (κ3) is 21.1. The Morgan fingerprint density at radius 1 is 0.623 bits per heavy atom. The van der Waals surface area contributed by atoms with E-state index in [0.29, 0.717) is 37.8 Å². The van der Waals surface area contributed by atoms with Gasteiger partial charge < -0.3 is 81.0 Å². The first-order valence-electron chi connectivity index (χ1n) is 19.7. The number of benzene rings is 1. The zero-order valence-electron chi connectivity index (χ0n) is 34.1. The summed E-state index contributed by atoms with van der Waals surface area (Å²) in [6, 6.07) is -4.60. The Labute approximate surface area is 352 Å². The number of aliphatic carboxylic acids is 2. The molecule has 0 heterocycles. The Kier molecular flexibility index (Phi) is 24.6. The van der Waals surface area contributed by atoms with Gasteiger partial charge in [-0.25, -0.2) is 4.79 Å². The van der Waals surface area contributed by atoms with Crippen molar-refractivity contribution in [1.29, 1.82) is 0 Å². The number of carboxylic acid groups (broad SMARTS) is 2. The zero-order chi connectivity index (χ0) is 46.1. The summed E-state index contributed by atoms with van der Waals surface area (Å²) in [6.07, 6.45) is 0.799. The van der Waals surface area contributed by atoms with Crippen LogP contribution in [0.4, 0.5) is 0 Å². The third-order valence-corrected chi connectivity index (χ3v) is 9.03. The molecule has 342 valence electrons. The number of nitrogens with two attached hydrogens (primary N) is 5. The smallest absolute Gasteiger partial charge is 0.326 e. The first-order chi connectivity index (χ1) is 28.8. The van der Waals surface area contributed by atoms with E-state index in [0.717, 1.165) is 0 Å². The predicted molar refractivity (Wildman–Crippen MR) is 220 cm³/mol. The summed E-state index contributed by atoms with van der Waals surface area (Å²) in [5.41, 5.74) is 27.9. The number of carboxylic acids is 2. The van der Waals surface area contributed by atoms with Gasteiger partial charge in [-0.15, -0.1) is 0 Å². The fourth-order valence-electron chi connectivity index (χ4n) is 5.59. The molecule has 1 aromatic rings. The molecule has 0 spiro atoms. The van der Waals surface area contributed by atoms with Gasteiger partial charge in [-0.3, -0.25) is 38.6 Å². The highest BCUT2D eigenvalue weighted by atomic mass is 16.4. The highest BCUT2D eigenvalue weighted by Crippen LogP contribution is 2.13. The molecule has 1 rings (SSSR count). The minimum atomic E-state index is -1.79. The van der Waals surface area contributed by atoms with Crippen LogP contribution >= 0.6 is 0 Å². The van der Waals surface area contributed by atoms with Gasteiger partial charge in [0.2, 0.25) is 35.4 Å². The largest absolute Gasteiger partial charge is 0.508 e. The van der Waals surface area contributed by atoms with Crippen molar-refractivity contribution in [2.45, 2.75) is 113 Å². The maximum Gasteiger partial charge on any atom is 0.326 e. The number of phenolic OH excluding ortho intramolecular Hbond substituents is 1. The molecule has 61 heavy (non-hydrogen) atoms. The zero-order valence-corrected chi connectivity index (χ0v) is 34.1. The van der Waals surface area contributed by atoms with E-state index < -0.39 is 103 Å². The van der Waals surface area contributed by atoms with Crippen LogP contribution in [-0.2, 0) is 44.8 Å². The fourth-order valence-corrected chi connectivity index (χ4v) is 5.59. The number of unbranched alkanes of at least 4 members (excludes halogenated alkanes) is 2. The summed E-state index contributed by atoms with van der Waals surface area (Å²) >= 11 is 0. The number of nitrogens with zero attached hydrogens (tertiary/aromatic N) is 1. The standard InChI is InChI=1S/C37H62N12O12/c1-20(44-31(55)23(40)7-6-16-43-37(41)42)30(54)47-27(18-29(52)53)34(58)48-26(17-21-10-12-22(51)13-11-21)33(57)45-24(8-2-4-14-38)32(56)49-28(19-50)35(59)46-25(36(60)61)9-3-5-15-39/h10-13,20,23-28,50-51H,2-9,14-19,38-40H2,1H3,(H,44,55)(H,45,57)(H,46,59)(H,47,54)(H,48,58)(H,49,56)(H,52,53)(H,60,61)(H4,41,42,43)/t20-,23-,24-,25-,26-,27-,28-/m0/s1. The molecule has 0 aliphatic heterocycles. The van der Waals surface area contributed by atoms with Crippen molar-refractivity contribution in [3.05, 3.63) is 29.8 Å². The van der Waals surface area contributed by atoms with Crippen molar-refractivity contribution >= 4 is 53.3 Å². The van der Waals surface area contributed by atoms with E-state index in [9.17, 15) is 58.8 Å². The molecule has 0 fully saturated rings. The lowest BCUT2D eigenvalue weighted by atomic mass is 10.0. The fraction of sp³-hybridized carbons (Fsp3) is 0.595. The Balaban J connectivity index is 3.30. The van der Waals surface area contributed by atoms with Crippen LogP contribution in [0.25, 0.3) is 0 Å². The second-order valence-corrected chi connectivity index (χ2v) is 14.1. The molecule has 20 N–H and O–H groups in total. The number of hydrogen-bond donors (Lipinski definition) is 15. The summed E-state index contributed by atoms with van der Waals surface area (Å²) < 4.78 is 0. The normalized spacial score (nSPS) is 14.3. The molecular formula is C37H62N12O12. The summed E-state index contributed by atoms with van der Waals surface area (Å²) in [5, 5.41) is 53.1. The van der Waals surface area contributed by atoms with Crippen molar-refractivity contribution < 1.29 is 58.8 Å². The van der Waals surface area contributed by atoms with Gasteiger partial charge in [0.15, 0.2) is 5.96 Å². The molecule has 0 saturated heterocycles. The molecule has 1 aromatic carbocycles. The van der Waals surface area contributed by atoms with Crippen LogP contribution in [0.15, 0.2) is 29.3 Å². The second kappa shape index (κ2) is 28.4. The van der Waals surface area contributed by atoms with Crippen LogP contribution in [0.3, 0.4) is 0 Å². The van der Waals surface area contributed by atoms with Crippen molar-refractivity contribution in [3.63, 3.8) is 0 Å². The summed E-state index contributed by atoms with van der Waals surface area (Å²) in [6.45, 7) is 1.05. The number of carbonyl (C=O) groups is 8. The maximum absolute atomic E-state index is 14.0. The number of hydrogen-bond acceptors (Lipinski definition) is 14. The van der Waals surface area contributed by atoms with Gasteiger partial charge in [-0.05, 0) is 89.1 Å². The maximum atomic E-state index is 14.0. The molecule has 0 bridgehead atoms. The number of aromatic hydroxyl groups is 1. The molecule has 24 nitrogen and oxygen atoms in total. The third-order valence-electron chi connectivity index (χ3n) is 9.03. The number of nitrogens with one attached hydrogen (secondary N) is 6. The van der Waals surface area contributed by atoms with Crippen LogP contribution in [0.2, 0.25) is 0 Å². The minimum absolute atomic E-state index is 0.0290. The Morgan fingerprint density at radius 2 is 1.11 bits per heavy atom. The highest BCUT2D eigenvalue weighted by molar-refractivity contribution is 5.98. The molecular weight excluding hydrogens is 804 g/mol. The molecule has 0 aliphatic carbocycles. The topological polar surface area (TPSA) is 432 Å². The van der Waals surface area contributed by atoms with Gasteiger partial charge in [-0.1, -0.05) is 12.1 Å². The average Bonchev–Trinajstić information content (AvgIpc) is 3.20. The van der Waals surface area contributed by atoms with E-state index in [-0.39, 0.29) is 56.9 Å². The van der Waals surface area contributed by atoms with Crippen LogP contribution in [-0.4, -0.2) is 142 Å². The van der Waals surface area contributed by atoms with Gasteiger partial charge in [0.05, 0.1) is 19.1 Å². The predicted octanol–water partition coefficient (Wildman–Crippen LogP) is -4.95. The highest BCUT2D eigenvalue weighted by Gasteiger charge is 2.34. The van der Waals surface area contributed by atoms with E-state index in [2.05, 4.69) is 36.9 Å². The lowest BCUT2D eigenvalue weighted by molar-refractivity contribution is -0.143. The number of aliphatic hydroxyl groups excluding tert-OH is 1. The van der Waals surface area contributed by atoms with Crippen molar-refractivity contribution in [2.75, 3.05) is 26.2 Å². The molecule has 24 heteroatoms. The number of rotatable bonds is 30. The van der Waals surface area contributed by atoms with Gasteiger partial charge in [0.25, 0.3) is 0 Å². The van der Waals surface area contributed by atoms with E-state index in [4.69, 9.17) is 28.7 Å². The lowest BCUT2D eigenvalue weighted by Gasteiger charge is -2.27. The molecule has 6 amide bonds. The van der Waals surface area contributed by atoms with Gasteiger partial charge in [-0.2, -0.15) is 0 Å². The van der Waals surface area contributed by atoms with Crippen LogP contribution < -0.4 is 60.6 Å². The number of aliphatic imine (C=N–C) groups is 1. The number of amides is 6. The molecule has 0 radical (unpaired) electrons. The monoisotopic (exact) mass is 866 g/mol. The lowest BCUT2D eigenvalue weighted by Crippen LogP contribution is -2.60. The van der Waals surface area contributed by atoms with Crippen molar-refractivity contribution in [1.82, 2.24) is 31.9 Å². The Hall–Kier alpha value is -6.11. The van der Waals surface area contributed by atoms with E-state index in [1.54, 1.807) is 0 Å². The number of aliphatic hydroxyl groups is 1. The van der Waals surface area contributed by atoms with Crippen molar-refractivity contribution in [2.24, 2.45) is 33.7 Å². The molecule has 0 aromatic heterocycles. The van der Waals surface area contributed by atoms with Crippen LogP contribution in [0.5, 0.6) is 5.75 Å². The molecule has 7 atom stereocenters. The quantitative estimate of drug-likeness (QED) is 0.0196. The first-order valence-corrected chi connectivity index (χ1v) is 19.7. The summed E-state index contributed by atoms with van der Waals surface area (Å²) in [4.78, 5) is 107. The second-order valence-electron chi connectivity index (χ2n) is 14.1. The Bertz CT molecular complexity index is 1640. The van der Waals surface area contributed by atoms with E-state index >= 15 is 0 Å². The average molecular weight is 867 g/mol. The summed E-state index contributed by atoms with van der Waals surface area (Å²) in [5.74, 6) is -8.87. The van der Waals surface area contributed by atoms with Gasteiger partial charge in [0.1, 0.15) is 42.0 Å². The SMILES string of the molecule is C[C@H](NC(=O)[C@@H](N)CCCN=C(N)N)C(=O)N[C@@H](CC(=O)O)C(=O)N[C@@H](Cc1ccc(O)cc1)C(=O)N[C@@H](CCCCN)C(=O)N[C@@H](CO)C(=O)N[C@@H](CCCCN)C(=O)O. The van der Waals surface area contributed by atoms with Crippen LogP contribution in [0, 0.1) is 0 Å². The van der Waals surface area contributed by atoms with Crippen molar-refractivity contribution in [3.8, 4) is 5.75 Å². The molecule has 0 unspecified atom stereocenters. The number of carbonyl (C=O) groups excluding carboxylic acids is 6. The van der Waals surface area contributed by atoms with Gasteiger partial charge >= 0.3 is 11.9 Å². The van der Waals surface area contributed by atoms with Gasteiger partial charge in [0, 0.05) is 13.0 Å². The number of guanidine groups is 1. The molecule has 0 aliphatic rings. The number of phenols is 1.